The molecule has 1 atom stereocenters. The lowest BCUT2D eigenvalue weighted by atomic mass is 10.1. The Bertz CT molecular complexity index is 558. The molecule has 1 aromatic heterocycles. The number of pyridine rings is 1. The Kier molecular flexibility index (Phi) is 4.10. The summed E-state index contributed by atoms with van der Waals surface area (Å²) >= 11 is 0. The van der Waals surface area contributed by atoms with Gasteiger partial charge in [-0.1, -0.05) is 30.3 Å². The Morgan fingerprint density at radius 2 is 2.05 bits per heavy atom. The number of ether oxygens (including phenoxy) is 1. The van der Waals surface area contributed by atoms with Crippen molar-refractivity contribution in [2.24, 2.45) is 0 Å². The van der Waals surface area contributed by atoms with Crippen molar-refractivity contribution in [3.8, 4) is 5.75 Å². The minimum absolute atomic E-state index is 0.0845. The highest BCUT2D eigenvalue weighted by Gasteiger charge is 2.20. The molecule has 0 radical (unpaired) electrons. The molecule has 2 aromatic rings. The number of hydrogen-bond acceptors (Lipinski definition) is 4. The van der Waals surface area contributed by atoms with Gasteiger partial charge in [0.05, 0.1) is 11.9 Å². The molecule has 1 aromatic carbocycles. The third-order valence-corrected chi connectivity index (χ3v) is 2.63. The van der Waals surface area contributed by atoms with Crippen molar-refractivity contribution in [3.63, 3.8) is 0 Å². The van der Waals surface area contributed by atoms with E-state index in [4.69, 9.17) is 4.74 Å². The Morgan fingerprint density at radius 3 is 2.68 bits per heavy atom. The number of aromatic hydroxyl groups is 1. The number of anilines is 1. The molecule has 0 aliphatic rings. The lowest BCUT2D eigenvalue weighted by Gasteiger charge is -2.15. The number of nitrogens with zero attached hydrogens (tertiary/aromatic N) is 1. The number of carbonyl (C=O) groups excluding carboxylic acids is 1. The van der Waals surface area contributed by atoms with Crippen LogP contribution in [0.25, 0.3) is 0 Å². The molecule has 1 amide bonds. The second-order valence-electron chi connectivity index (χ2n) is 3.91. The highest BCUT2D eigenvalue weighted by atomic mass is 16.5. The van der Waals surface area contributed by atoms with Gasteiger partial charge in [0.1, 0.15) is 0 Å². The van der Waals surface area contributed by atoms with E-state index < -0.39 is 6.10 Å². The largest absolute Gasteiger partial charge is 0.504 e. The molecule has 0 saturated carbocycles. The summed E-state index contributed by atoms with van der Waals surface area (Å²) in [6.07, 6.45) is 2.02. The molecule has 0 unspecified atom stereocenters. The summed E-state index contributed by atoms with van der Waals surface area (Å²) in [7, 11) is 1.46. The van der Waals surface area contributed by atoms with Gasteiger partial charge in [-0.3, -0.25) is 9.78 Å². The average molecular weight is 258 g/mol. The van der Waals surface area contributed by atoms with E-state index in [0.717, 1.165) is 5.56 Å². The topological polar surface area (TPSA) is 71.5 Å². The van der Waals surface area contributed by atoms with Crippen LogP contribution in [-0.4, -0.2) is 23.1 Å². The van der Waals surface area contributed by atoms with Gasteiger partial charge >= 0.3 is 0 Å². The molecule has 2 rings (SSSR count). The van der Waals surface area contributed by atoms with Gasteiger partial charge in [0.2, 0.25) is 0 Å². The van der Waals surface area contributed by atoms with Crippen molar-refractivity contribution >= 4 is 11.6 Å². The van der Waals surface area contributed by atoms with Gasteiger partial charge in [0, 0.05) is 13.3 Å². The fourth-order valence-corrected chi connectivity index (χ4v) is 1.71. The standard InChI is InChI=1S/C14H14N2O3/c1-19-13(10-5-3-2-4-6-10)14(18)16-11-7-8-15-9-12(11)17/h2-9,13,17H,1H3,(H,15,16,18)/t13-/m1/s1. The molecular formula is C14H14N2O3. The van der Waals surface area contributed by atoms with Gasteiger partial charge in [-0.2, -0.15) is 0 Å². The summed E-state index contributed by atoms with van der Waals surface area (Å²) in [6, 6.07) is 10.7. The van der Waals surface area contributed by atoms with E-state index in [-0.39, 0.29) is 11.7 Å². The third-order valence-electron chi connectivity index (χ3n) is 2.63. The van der Waals surface area contributed by atoms with Crippen LogP contribution in [0.5, 0.6) is 5.75 Å². The Balaban J connectivity index is 2.17. The van der Waals surface area contributed by atoms with Gasteiger partial charge in [0.25, 0.3) is 5.91 Å². The van der Waals surface area contributed by atoms with Crippen molar-refractivity contribution in [2.75, 3.05) is 12.4 Å². The number of amides is 1. The summed E-state index contributed by atoms with van der Waals surface area (Å²) in [4.78, 5) is 15.9. The first kappa shape index (κ1) is 13.0. The maximum absolute atomic E-state index is 12.1. The molecular weight excluding hydrogens is 244 g/mol. The second kappa shape index (κ2) is 5.97. The third kappa shape index (κ3) is 3.08. The van der Waals surface area contributed by atoms with Crippen LogP contribution < -0.4 is 5.32 Å². The number of benzene rings is 1. The number of hydrogen-bond donors (Lipinski definition) is 2. The van der Waals surface area contributed by atoms with Crippen LogP contribution >= 0.6 is 0 Å². The molecule has 19 heavy (non-hydrogen) atoms. The minimum Gasteiger partial charge on any atom is -0.504 e. The van der Waals surface area contributed by atoms with Crippen LogP contribution in [0.15, 0.2) is 48.8 Å². The smallest absolute Gasteiger partial charge is 0.258 e. The summed E-state index contributed by atoms with van der Waals surface area (Å²) in [5.41, 5.74) is 1.05. The Hall–Kier alpha value is -2.40. The van der Waals surface area contributed by atoms with Gasteiger partial charge in [0.15, 0.2) is 11.9 Å². The zero-order valence-corrected chi connectivity index (χ0v) is 10.4. The molecule has 0 saturated heterocycles. The summed E-state index contributed by atoms with van der Waals surface area (Å²) in [5, 5.41) is 12.2. The molecule has 0 spiro atoms. The molecule has 0 aliphatic carbocycles. The highest BCUT2D eigenvalue weighted by Crippen LogP contribution is 2.23. The van der Waals surface area contributed by atoms with Crippen LogP contribution in [0.3, 0.4) is 0 Å². The minimum atomic E-state index is -0.728. The zero-order valence-electron chi connectivity index (χ0n) is 10.4. The highest BCUT2D eigenvalue weighted by molar-refractivity contribution is 5.95. The second-order valence-corrected chi connectivity index (χ2v) is 3.91. The maximum atomic E-state index is 12.1. The van der Waals surface area contributed by atoms with Gasteiger partial charge < -0.3 is 15.2 Å². The van der Waals surface area contributed by atoms with Gasteiger partial charge in [-0.25, -0.2) is 0 Å². The molecule has 0 aliphatic heterocycles. The predicted octanol–water partition coefficient (Wildman–Crippen LogP) is 2.11. The number of aromatic nitrogens is 1. The van der Waals surface area contributed by atoms with Crippen molar-refractivity contribution < 1.29 is 14.6 Å². The van der Waals surface area contributed by atoms with Crippen LogP contribution in [0.1, 0.15) is 11.7 Å². The summed E-state index contributed by atoms with van der Waals surface area (Å²) in [5.74, 6) is -0.436. The number of methoxy groups -OCH3 is 1. The van der Waals surface area contributed by atoms with E-state index in [0.29, 0.717) is 5.69 Å². The summed E-state index contributed by atoms with van der Waals surface area (Å²) in [6.45, 7) is 0. The molecule has 0 bridgehead atoms. The normalized spacial score (nSPS) is 11.8. The molecule has 2 N–H and O–H groups in total. The van der Waals surface area contributed by atoms with Crippen LogP contribution in [0.4, 0.5) is 5.69 Å². The van der Waals surface area contributed by atoms with E-state index in [1.807, 2.05) is 18.2 Å². The maximum Gasteiger partial charge on any atom is 0.258 e. The predicted molar refractivity (Wildman–Crippen MR) is 70.7 cm³/mol. The van der Waals surface area contributed by atoms with Crippen LogP contribution in [-0.2, 0) is 9.53 Å². The fourth-order valence-electron chi connectivity index (χ4n) is 1.71. The van der Waals surface area contributed by atoms with E-state index in [9.17, 15) is 9.90 Å². The quantitative estimate of drug-likeness (QED) is 0.881. The van der Waals surface area contributed by atoms with E-state index in [1.165, 1.54) is 25.6 Å². The average Bonchev–Trinajstić information content (AvgIpc) is 2.43. The van der Waals surface area contributed by atoms with Crippen molar-refractivity contribution in [2.45, 2.75) is 6.10 Å². The number of carbonyl (C=O) groups is 1. The lowest BCUT2D eigenvalue weighted by Crippen LogP contribution is -2.22. The van der Waals surface area contributed by atoms with E-state index >= 15 is 0 Å². The van der Waals surface area contributed by atoms with Gasteiger partial charge in [-0.15, -0.1) is 0 Å². The van der Waals surface area contributed by atoms with Crippen molar-refractivity contribution in [1.29, 1.82) is 0 Å². The molecule has 98 valence electrons. The summed E-state index contributed by atoms with van der Waals surface area (Å²) < 4.78 is 5.20. The molecule has 1 heterocycles. The molecule has 5 nitrogen and oxygen atoms in total. The lowest BCUT2D eigenvalue weighted by molar-refractivity contribution is -0.126. The Labute approximate surface area is 110 Å². The first-order chi connectivity index (χ1) is 9.22. The first-order valence-electron chi connectivity index (χ1n) is 5.74. The SMILES string of the molecule is CO[C@@H](C(=O)Nc1ccncc1O)c1ccccc1. The molecule has 5 heteroatoms. The monoisotopic (exact) mass is 258 g/mol. The number of rotatable bonds is 4. The van der Waals surface area contributed by atoms with Gasteiger partial charge in [-0.05, 0) is 11.6 Å². The first-order valence-corrected chi connectivity index (χ1v) is 5.74. The van der Waals surface area contributed by atoms with Crippen LogP contribution in [0.2, 0.25) is 0 Å². The Morgan fingerprint density at radius 1 is 1.32 bits per heavy atom. The zero-order chi connectivity index (χ0) is 13.7. The van der Waals surface area contributed by atoms with Crippen molar-refractivity contribution in [1.82, 2.24) is 4.98 Å². The van der Waals surface area contributed by atoms with Crippen LogP contribution in [0, 0.1) is 0 Å². The van der Waals surface area contributed by atoms with Crippen molar-refractivity contribution in [3.05, 3.63) is 54.4 Å². The fraction of sp³-hybridized carbons (Fsp3) is 0.143. The molecule has 0 fully saturated rings. The van der Waals surface area contributed by atoms with E-state index in [2.05, 4.69) is 10.3 Å². The number of nitrogens with one attached hydrogen (secondary N) is 1. The van der Waals surface area contributed by atoms with E-state index in [1.54, 1.807) is 12.1 Å².